The van der Waals surface area contributed by atoms with E-state index in [-0.39, 0.29) is 0 Å². The largest absolute Gasteiger partial charge is 0.542 e. The van der Waals surface area contributed by atoms with Gasteiger partial charge in [-0.15, -0.1) is 0 Å². The van der Waals surface area contributed by atoms with Gasteiger partial charge in [-0.3, -0.25) is 0 Å². The average Bonchev–Trinajstić information content (AvgIpc) is 2.63. The van der Waals surface area contributed by atoms with E-state index < -0.39 is 12.1 Å². The van der Waals surface area contributed by atoms with Gasteiger partial charge in [0.1, 0.15) is 12.5 Å². The summed E-state index contributed by atoms with van der Waals surface area (Å²) < 4.78 is 43.2. The van der Waals surface area contributed by atoms with Crippen LogP contribution in [0.15, 0.2) is 0 Å². The third-order valence-electron chi connectivity index (χ3n) is 3.58. The number of halogens is 3. The predicted octanol–water partition coefficient (Wildman–Crippen LogP) is 0.969. The number of hydrogen-bond donors (Lipinski definition) is 0. The van der Waals surface area contributed by atoms with Crippen molar-refractivity contribution in [3.05, 3.63) is 0 Å². The lowest BCUT2D eigenvalue weighted by molar-refractivity contribution is -0.909. The van der Waals surface area contributed by atoms with Crippen LogP contribution in [0.5, 0.6) is 0 Å². The molecule has 1 aliphatic rings. The lowest BCUT2D eigenvalue weighted by atomic mass is 10.2. The van der Waals surface area contributed by atoms with Gasteiger partial charge in [0.25, 0.3) is 0 Å². The first-order valence-electron chi connectivity index (χ1n) is 7.40. The second-order valence-corrected chi connectivity index (χ2v) is 5.59. The summed E-state index contributed by atoms with van der Waals surface area (Å²) in [4.78, 5) is 8.78. The number of likely N-dealkylation sites (tertiary alicyclic amines) is 1. The third-order valence-corrected chi connectivity index (χ3v) is 3.58. The van der Waals surface area contributed by atoms with E-state index in [0.717, 1.165) is 19.8 Å². The van der Waals surface area contributed by atoms with E-state index in [1.54, 1.807) is 7.11 Å². The van der Waals surface area contributed by atoms with E-state index in [4.69, 9.17) is 19.4 Å². The van der Waals surface area contributed by atoms with Crippen molar-refractivity contribution in [3.8, 4) is 0 Å². The highest BCUT2D eigenvalue weighted by Crippen LogP contribution is 2.15. The molecule has 0 unspecified atom stereocenters. The molecule has 0 saturated carbocycles. The summed E-state index contributed by atoms with van der Waals surface area (Å²) >= 11 is 0. The minimum atomic E-state index is -5.19. The molecule has 0 aliphatic carbocycles. The summed E-state index contributed by atoms with van der Waals surface area (Å²) in [5.74, 6) is -3.01. The van der Waals surface area contributed by atoms with Gasteiger partial charge < -0.3 is 23.9 Å². The van der Waals surface area contributed by atoms with Crippen LogP contribution in [0.4, 0.5) is 13.2 Å². The molecule has 1 fully saturated rings. The maximum absolute atomic E-state index is 10.5. The molecule has 1 aliphatic heterocycles. The number of ether oxygens (including phenoxy) is 2. The van der Waals surface area contributed by atoms with Crippen molar-refractivity contribution in [2.75, 3.05) is 53.6 Å². The topological polar surface area (TPSA) is 58.6 Å². The number of quaternary nitrogens is 1. The van der Waals surface area contributed by atoms with Crippen LogP contribution in [-0.2, 0) is 14.3 Å². The summed E-state index contributed by atoms with van der Waals surface area (Å²) in [5.41, 5.74) is 0. The van der Waals surface area contributed by atoms with Crippen molar-refractivity contribution >= 4 is 5.97 Å². The maximum Gasteiger partial charge on any atom is 0.430 e. The minimum Gasteiger partial charge on any atom is -0.542 e. The van der Waals surface area contributed by atoms with Crippen molar-refractivity contribution in [2.45, 2.75) is 31.9 Å². The summed E-state index contributed by atoms with van der Waals surface area (Å²) in [6, 6.07) is 0. The maximum atomic E-state index is 10.5. The lowest BCUT2D eigenvalue weighted by Gasteiger charge is -2.33. The molecule has 0 radical (unpaired) electrons. The van der Waals surface area contributed by atoms with Gasteiger partial charge in [0.2, 0.25) is 0 Å². The number of carbonyl (C=O) groups is 1. The Bertz CT molecular complexity index is 303. The summed E-state index contributed by atoms with van der Waals surface area (Å²) in [7, 11) is 4.08. The van der Waals surface area contributed by atoms with Gasteiger partial charge >= 0.3 is 6.18 Å². The van der Waals surface area contributed by atoms with E-state index in [0.29, 0.717) is 6.61 Å². The third kappa shape index (κ3) is 10.8. The first kappa shape index (κ1) is 21.1. The Morgan fingerprint density at radius 3 is 2.00 bits per heavy atom. The standard InChI is InChI=1S/C12H26NO2.C2HF3O2/c1-13(7-5-3-4-6-8-13)9-10-15-12-11-14-2;3-2(4,5)1(6)7/h3-12H2,1-2H3;(H,6,7)/q+1;/p-1. The van der Waals surface area contributed by atoms with Gasteiger partial charge in [-0.2, -0.15) is 13.2 Å². The SMILES string of the molecule is COCCOCC[N+]1(C)CCCCCC1.O=C([O-])C(F)(F)F. The molecule has 0 spiro atoms. The fourth-order valence-electron chi connectivity index (χ4n) is 2.21. The molecule has 0 aromatic rings. The molecule has 0 bridgehead atoms. The second-order valence-electron chi connectivity index (χ2n) is 5.59. The van der Waals surface area contributed by atoms with Crippen molar-refractivity contribution < 1.29 is 37.0 Å². The van der Waals surface area contributed by atoms with E-state index in [1.807, 2.05) is 0 Å². The van der Waals surface area contributed by atoms with E-state index >= 15 is 0 Å². The van der Waals surface area contributed by atoms with Gasteiger partial charge in [0.15, 0.2) is 0 Å². The fraction of sp³-hybridized carbons (Fsp3) is 0.929. The van der Waals surface area contributed by atoms with Crippen LogP contribution in [0.2, 0.25) is 0 Å². The number of rotatable bonds is 6. The number of likely N-dealkylation sites (N-methyl/N-ethyl adjacent to an activating group) is 1. The molecule has 5 nitrogen and oxygen atoms in total. The van der Waals surface area contributed by atoms with Gasteiger partial charge in [0, 0.05) is 7.11 Å². The zero-order valence-corrected chi connectivity index (χ0v) is 13.3. The quantitative estimate of drug-likeness (QED) is 0.538. The van der Waals surface area contributed by atoms with Crippen molar-refractivity contribution in [1.29, 1.82) is 0 Å². The van der Waals surface area contributed by atoms with Gasteiger partial charge in [-0.1, -0.05) is 0 Å². The summed E-state index contributed by atoms with van der Waals surface area (Å²) in [6.07, 6.45) is 0.403. The highest BCUT2D eigenvalue weighted by Gasteiger charge is 2.28. The first-order chi connectivity index (χ1) is 10.2. The van der Waals surface area contributed by atoms with Gasteiger partial charge in [-0.05, 0) is 25.7 Å². The van der Waals surface area contributed by atoms with Gasteiger partial charge in [0.05, 0.1) is 40.0 Å². The molecule has 1 heterocycles. The van der Waals surface area contributed by atoms with Gasteiger partial charge in [-0.25, -0.2) is 0 Å². The number of aliphatic carboxylic acids is 1. The number of carboxylic acids is 1. The van der Waals surface area contributed by atoms with Crippen LogP contribution in [0, 0.1) is 0 Å². The summed E-state index contributed by atoms with van der Waals surface area (Å²) in [6.45, 7) is 6.13. The van der Waals surface area contributed by atoms with Crippen LogP contribution < -0.4 is 5.11 Å². The lowest BCUT2D eigenvalue weighted by Crippen LogP contribution is -2.47. The molecule has 132 valence electrons. The molecule has 1 saturated heterocycles. The number of carboxylic acid groups (broad SMARTS) is 1. The molecule has 0 aromatic heterocycles. The molecule has 22 heavy (non-hydrogen) atoms. The Kier molecular flexibility index (Phi) is 10.4. The highest BCUT2D eigenvalue weighted by atomic mass is 19.4. The monoisotopic (exact) mass is 329 g/mol. The summed E-state index contributed by atoms with van der Waals surface area (Å²) in [5, 5.41) is 8.78. The Morgan fingerprint density at radius 1 is 1.09 bits per heavy atom. The van der Waals surface area contributed by atoms with Crippen LogP contribution in [0.25, 0.3) is 0 Å². The molecule has 0 amide bonds. The smallest absolute Gasteiger partial charge is 0.430 e. The van der Waals surface area contributed by atoms with E-state index in [1.165, 1.54) is 43.3 Å². The molecule has 8 heteroatoms. The minimum absolute atomic E-state index is 0.712. The average molecular weight is 329 g/mol. The van der Waals surface area contributed by atoms with Crippen molar-refractivity contribution in [3.63, 3.8) is 0 Å². The molecule has 0 atom stereocenters. The van der Waals surface area contributed by atoms with Crippen molar-refractivity contribution in [1.82, 2.24) is 0 Å². The predicted molar refractivity (Wildman–Crippen MR) is 73.0 cm³/mol. The zero-order chi connectivity index (χ0) is 17.1. The first-order valence-corrected chi connectivity index (χ1v) is 7.40. The molecule has 0 N–H and O–H groups in total. The Balaban J connectivity index is 0.000000534. The van der Waals surface area contributed by atoms with Crippen LogP contribution in [0.3, 0.4) is 0 Å². The Labute approximate surface area is 129 Å². The Morgan fingerprint density at radius 2 is 1.59 bits per heavy atom. The van der Waals surface area contributed by atoms with Crippen molar-refractivity contribution in [2.24, 2.45) is 0 Å². The zero-order valence-electron chi connectivity index (χ0n) is 13.3. The number of methoxy groups -OCH3 is 1. The van der Waals surface area contributed by atoms with Crippen LogP contribution >= 0.6 is 0 Å². The number of nitrogens with zero attached hydrogens (tertiary/aromatic N) is 1. The number of carbonyl (C=O) groups excluding carboxylic acids is 1. The fourth-order valence-corrected chi connectivity index (χ4v) is 2.21. The second kappa shape index (κ2) is 10.8. The number of hydrogen-bond acceptors (Lipinski definition) is 4. The van der Waals surface area contributed by atoms with Crippen LogP contribution in [-0.4, -0.2) is 70.2 Å². The molecular formula is C14H26F3NO4. The van der Waals surface area contributed by atoms with E-state index in [2.05, 4.69) is 7.05 Å². The molecular weight excluding hydrogens is 303 g/mol. The molecule has 0 aromatic carbocycles. The normalized spacial score (nSPS) is 18.0. The highest BCUT2D eigenvalue weighted by molar-refractivity contribution is 5.70. The molecule has 1 rings (SSSR count). The van der Waals surface area contributed by atoms with E-state index in [9.17, 15) is 13.2 Å². The number of alkyl halides is 3. The Hall–Kier alpha value is -0.860. The van der Waals surface area contributed by atoms with Crippen LogP contribution in [0.1, 0.15) is 25.7 Å².